The molecule has 1 aliphatic rings. The first kappa shape index (κ1) is 52.0. The van der Waals surface area contributed by atoms with Crippen molar-refractivity contribution in [2.75, 3.05) is 13.2 Å². The molecule has 4 nitrogen and oxygen atoms in total. The van der Waals surface area contributed by atoms with Gasteiger partial charge >= 0.3 is 0 Å². The zero-order chi connectivity index (χ0) is 50.4. The molecule has 2 N–H and O–H groups in total. The molecule has 0 amide bonds. The lowest BCUT2D eigenvalue weighted by molar-refractivity contribution is 0.351. The van der Waals surface area contributed by atoms with Gasteiger partial charge in [-0.25, -0.2) is 0 Å². The van der Waals surface area contributed by atoms with E-state index >= 15 is 0 Å². The normalized spacial score (nSPS) is 12.4. The van der Waals surface area contributed by atoms with Gasteiger partial charge in [-0.3, -0.25) is 0 Å². The zero-order valence-electron chi connectivity index (χ0n) is 42.2. The second-order valence-electron chi connectivity index (χ2n) is 21.1. The fraction of sp³-hybridized carbons (Fsp3) is 0.290. The fourth-order valence-electron chi connectivity index (χ4n) is 7.05. The van der Waals surface area contributed by atoms with Gasteiger partial charge in [-0.15, -0.1) is 0 Å². The summed E-state index contributed by atoms with van der Waals surface area (Å²) < 4.78 is 13.5. The molecule has 1 heterocycles. The van der Waals surface area contributed by atoms with Gasteiger partial charge in [-0.05, 0) is 152 Å². The minimum Gasteiger partial charge on any atom is -0.506 e. The summed E-state index contributed by atoms with van der Waals surface area (Å²) in [6.45, 7) is 26.4. The molecule has 6 aromatic rings. The van der Waals surface area contributed by atoms with Crippen molar-refractivity contribution in [3.8, 4) is 70.4 Å². The first-order valence-electron chi connectivity index (χ1n) is 23.2. The van der Waals surface area contributed by atoms with Crippen LogP contribution in [-0.2, 0) is 21.7 Å². The Balaban J connectivity index is 1.46. The first-order chi connectivity index (χ1) is 33.0. The summed E-state index contributed by atoms with van der Waals surface area (Å²) in [5.41, 5.74) is 5.00. The van der Waals surface area contributed by atoms with Crippen LogP contribution >= 0.6 is 47.0 Å². The zero-order valence-corrected chi connectivity index (χ0v) is 45.4. The van der Waals surface area contributed by atoms with E-state index in [0.29, 0.717) is 31.1 Å². The van der Waals surface area contributed by atoms with Crippen molar-refractivity contribution in [2.45, 2.75) is 144 Å². The monoisotopic (exact) mass is 996 g/mol. The number of ether oxygens (including phenoxy) is 2. The molecule has 0 atom stereocenters. The minimum absolute atomic E-state index is 0.0706. The summed E-state index contributed by atoms with van der Waals surface area (Å²) in [5.74, 6) is 25.9. The van der Waals surface area contributed by atoms with E-state index in [0.717, 1.165) is 53.0 Å². The molecule has 0 saturated carbocycles. The molecule has 1 aliphatic heterocycles. The molecule has 0 aliphatic carbocycles. The molecule has 0 radical (unpaired) electrons. The Morgan fingerprint density at radius 1 is 0.371 bits per heavy atom. The second kappa shape index (κ2) is 21.7. The van der Waals surface area contributed by atoms with Crippen LogP contribution in [0.25, 0.3) is 0 Å². The maximum atomic E-state index is 12.6. The molecule has 0 unspecified atom stereocenters. The molecule has 0 aromatic heterocycles. The van der Waals surface area contributed by atoms with Crippen molar-refractivity contribution < 1.29 is 19.7 Å². The van der Waals surface area contributed by atoms with Gasteiger partial charge < -0.3 is 19.7 Å². The lowest BCUT2D eigenvalue weighted by atomic mass is 9.87. The highest BCUT2D eigenvalue weighted by molar-refractivity contribution is 8.01. The summed E-state index contributed by atoms with van der Waals surface area (Å²) in [4.78, 5) is 5.97. The molecule has 0 fully saturated rings. The van der Waals surface area contributed by atoms with E-state index in [1.165, 1.54) is 47.0 Å². The highest BCUT2D eigenvalue weighted by Gasteiger charge is 2.29. The van der Waals surface area contributed by atoms with Crippen molar-refractivity contribution >= 4 is 47.0 Å². The number of aromatic hydroxyl groups is 2. The van der Waals surface area contributed by atoms with E-state index < -0.39 is 0 Å². The molecule has 6 aromatic carbocycles. The maximum absolute atomic E-state index is 12.6. The molecule has 70 heavy (non-hydrogen) atoms. The number of hydrogen-bond donors (Lipinski definition) is 2. The van der Waals surface area contributed by atoms with Gasteiger partial charge in [0.25, 0.3) is 0 Å². The Hall–Kier alpha value is -5.84. The first-order valence-corrected chi connectivity index (χ1v) is 26.5. The fourth-order valence-corrected chi connectivity index (χ4v) is 11.6. The predicted octanol–water partition coefficient (Wildman–Crippen LogP) is 16.1. The molecule has 7 rings (SSSR count). The Bertz CT molecular complexity index is 2860. The van der Waals surface area contributed by atoms with Crippen LogP contribution in [0.3, 0.4) is 0 Å². The number of benzene rings is 6. The third-order valence-electron chi connectivity index (χ3n) is 11.3. The Labute approximate surface area is 434 Å². The van der Waals surface area contributed by atoms with E-state index in [4.69, 9.17) is 9.47 Å². The number of phenolic OH excluding ortho intramolecular Hbond substituents is 2. The summed E-state index contributed by atoms with van der Waals surface area (Å²) in [6.07, 6.45) is 0. The molecule has 356 valence electrons. The van der Waals surface area contributed by atoms with Crippen LogP contribution < -0.4 is 9.47 Å². The summed E-state index contributed by atoms with van der Waals surface area (Å²) in [6, 6.07) is 36.6. The summed E-state index contributed by atoms with van der Waals surface area (Å²) >= 11 is 5.87. The van der Waals surface area contributed by atoms with Crippen LogP contribution in [-0.4, -0.2) is 23.4 Å². The number of fused-ring (bicyclic) bond motifs is 8. The van der Waals surface area contributed by atoms with Crippen molar-refractivity contribution in [3.05, 3.63) is 143 Å². The third-order valence-corrected chi connectivity index (χ3v) is 15.5. The summed E-state index contributed by atoms with van der Waals surface area (Å²) in [7, 11) is 0. The average molecular weight is 997 g/mol. The van der Waals surface area contributed by atoms with Gasteiger partial charge in [0.15, 0.2) is 0 Å². The van der Waals surface area contributed by atoms with Crippen LogP contribution in [0.5, 0.6) is 23.0 Å². The average Bonchev–Trinajstić information content (AvgIpc) is 3.28. The van der Waals surface area contributed by atoms with Crippen LogP contribution in [0.4, 0.5) is 0 Å². The van der Waals surface area contributed by atoms with Crippen molar-refractivity contribution in [2.24, 2.45) is 0 Å². The molecule has 0 saturated heterocycles. The van der Waals surface area contributed by atoms with Gasteiger partial charge in [-0.2, -0.15) is 0 Å². The van der Waals surface area contributed by atoms with Gasteiger partial charge in [0.05, 0.1) is 39.2 Å². The van der Waals surface area contributed by atoms with E-state index in [2.05, 4.69) is 179 Å². The van der Waals surface area contributed by atoms with Crippen LogP contribution in [0, 0.1) is 47.4 Å². The number of rotatable bonds is 4. The SMILES string of the molecule is CC(C)(C)c1cc2c(O)c(c1)Sc1cc(C(C)(C)C)cc(c1OCC#CC#Cc1ccccc1)Sc1cc(C(C)(C)C)cc(c1O)Sc1cc(C(C)(C)C)cc(c1OCC#CC#Cc1ccccc1)S2. The molecule has 8 bridgehead atoms. The Kier molecular flexibility index (Phi) is 16.1. The molecule has 0 spiro atoms. The van der Waals surface area contributed by atoms with Crippen molar-refractivity contribution in [1.82, 2.24) is 0 Å². The number of phenols is 2. The Morgan fingerprint density at radius 3 is 0.886 bits per heavy atom. The van der Waals surface area contributed by atoms with Gasteiger partial charge in [0.2, 0.25) is 0 Å². The predicted molar refractivity (Wildman–Crippen MR) is 294 cm³/mol. The highest BCUT2D eigenvalue weighted by atomic mass is 32.2. The van der Waals surface area contributed by atoms with E-state index in [9.17, 15) is 10.2 Å². The molecular weight excluding hydrogens is 937 g/mol. The van der Waals surface area contributed by atoms with E-state index in [1.54, 1.807) is 0 Å². The smallest absolute Gasteiger partial charge is 0.150 e. The third kappa shape index (κ3) is 13.3. The standard InChI is InChI=1S/C62H60O4S4/c1-59(2,3)43-33-47-55(63)48(34-43)68-52-38-46(62(10,11)12)40-54(58(52)66-32-24-16-22-30-42-27-19-14-20-28-42)70-50-36-44(60(4,5)6)35-49(56(50)64)69-53-39-45(61(7,8)9)37-51(67-47)57(53)65-31-23-15-21-29-41-25-17-13-18-26-41/h13-14,17-20,25-28,33-40,63-64H,31-32H2,1-12H3. The molecule has 8 heteroatoms. The second-order valence-corrected chi connectivity index (χ2v) is 25.4. The van der Waals surface area contributed by atoms with Crippen LogP contribution in [0.2, 0.25) is 0 Å². The van der Waals surface area contributed by atoms with Gasteiger partial charge in [-0.1, -0.05) is 178 Å². The largest absolute Gasteiger partial charge is 0.506 e. The van der Waals surface area contributed by atoms with E-state index in [1.807, 2.05) is 60.7 Å². The van der Waals surface area contributed by atoms with Crippen LogP contribution in [0.1, 0.15) is 116 Å². The van der Waals surface area contributed by atoms with E-state index in [-0.39, 0.29) is 46.4 Å². The lowest BCUT2D eigenvalue weighted by Crippen LogP contribution is -2.13. The summed E-state index contributed by atoms with van der Waals surface area (Å²) in [5, 5.41) is 25.2. The lowest BCUT2D eigenvalue weighted by Gasteiger charge is -2.27. The van der Waals surface area contributed by atoms with Crippen molar-refractivity contribution in [3.63, 3.8) is 0 Å². The van der Waals surface area contributed by atoms with Crippen molar-refractivity contribution in [1.29, 1.82) is 0 Å². The van der Waals surface area contributed by atoms with Crippen LogP contribution in [0.15, 0.2) is 148 Å². The van der Waals surface area contributed by atoms with Gasteiger partial charge in [0, 0.05) is 11.1 Å². The topological polar surface area (TPSA) is 58.9 Å². The van der Waals surface area contributed by atoms with Gasteiger partial charge in [0.1, 0.15) is 36.2 Å². The minimum atomic E-state index is -0.266. The number of hydrogen-bond acceptors (Lipinski definition) is 8. The molecular formula is C62H60O4S4. The Morgan fingerprint density at radius 2 is 0.629 bits per heavy atom. The highest BCUT2D eigenvalue weighted by Crippen LogP contribution is 2.56. The quantitative estimate of drug-likeness (QED) is 0.169. The maximum Gasteiger partial charge on any atom is 0.150 e.